The maximum Gasteiger partial charge on any atom is 0.422 e. The normalized spacial score (nSPS) is 19.2. The van der Waals surface area contributed by atoms with Crippen LogP contribution in [0.4, 0.5) is 18.0 Å². The van der Waals surface area contributed by atoms with E-state index < -0.39 is 18.9 Å². The molecule has 1 amide bonds. The van der Waals surface area contributed by atoms with Gasteiger partial charge in [0.1, 0.15) is 0 Å². The molecule has 0 aliphatic carbocycles. The Hall–Kier alpha value is -0.980. The molecule has 0 unspecified atom stereocenters. The number of carbonyl (C=O) groups excluding carboxylic acids is 1. The monoisotopic (exact) mass is 282 g/mol. The molecule has 1 heterocycles. The van der Waals surface area contributed by atoms with Crippen LogP contribution in [0.2, 0.25) is 0 Å². The standard InChI is InChI=1S/C12H21F3N2O2/c1-11(2,3)17-6-4-5-16(7-8-17)10(18)19-9-12(13,14)15/h4-9H2,1-3H3. The Kier molecular flexibility index (Phi) is 5.06. The van der Waals surface area contributed by atoms with E-state index in [1.165, 1.54) is 4.90 Å². The molecule has 1 aliphatic heterocycles. The molecule has 1 saturated heterocycles. The van der Waals surface area contributed by atoms with E-state index >= 15 is 0 Å². The van der Waals surface area contributed by atoms with Crippen molar-refractivity contribution in [1.82, 2.24) is 9.80 Å². The van der Waals surface area contributed by atoms with Gasteiger partial charge < -0.3 is 9.64 Å². The number of alkyl halides is 3. The molecule has 112 valence electrons. The average Bonchev–Trinajstić information content (AvgIpc) is 2.49. The summed E-state index contributed by atoms with van der Waals surface area (Å²) >= 11 is 0. The Bertz CT molecular complexity index is 313. The Morgan fingerprint density at radius 2 is 1.74 bits per heavy atom. The summed E-state index contributed by atoms with van der Waals surface area (Å²) in [4.78, 5) is 15.1. The highest BCUT2D eigenvalue weighted by atomic mass is 19.4. The number of halogens is 3. The van der Waals surface area contributed by atoms with Crippen molar-refractivity contribution < 1.29 is 22.7 Å². The summed E-state index contributed by atoms with van der Waals surface area (Å²) in [6, 6.07) is 0. The Morgan fingerprint density at radius 1 is 1.11 bits per heavy atom. The lowest BCUT2D eigenvalue weighted by Gasteiger charge is -2.34. The van der Waals surface area contributed by atoms with Crippen LogP contribution in [-0.4, -0.2) is 60.4 Å². The number of hydrogen-bond donors (Lipinski definition) is 0. The molecule has 0 aromatic heterocycles. The molecule has 0 spiro atoms. The molecule has 0 N–H and O–H groups in total. The van der Waals surface area contributed by atoms with Gasteiger partial charge in [0.05, 0.1) is 0 Å². The van der Waals surface area contributed by atoms with Crippen molar-refractivity contribution in [1.29, 1.82) is 0 Å². The molecule has 0 aromatic rings. The molecule has 1 aliphatic rings. The largest absolute Gasteiger partial charge is 0.440 e. The average molecular weight is 282 g/mol. The van der Waals surface area contributed by atoms with Crippen molar-refractivity contribution >= 4 is 6.09 Å². The van der Waals surface area contributed by atoms with Gasteiger partial charge in [-0.2, -0.15) is 13.2 Å². The number of rotatable bonds is 1. The maximum absolute atomic E-state index is 12.0. The van der Waals surface area contributed by atoms with Crippen LogP contribution in [-0.2, 0) is 4.74 Å². The Balaban J connectivity index is 2.46. The van der Waals surface area contributed by atoms with Crippen LogP contribution in [0.25, 0.3) is 0 Å². The topological polar surface area (TPSA) is 32.8 Å². The van der Waals surface area contributed by atoms with Crippen molar-refractivity contribution in [2.24, 2.45) is 0 Å². The predicted molar refractivity (Wildman–Crippen MR) is 64.9 cm³/mol. The molecule has 0 bridgehead atoms. The summed E-state index contributed by atoms with van der Waals surface area (Å²) in [5.41, 5.74) is -0.00805. The highest BCUT2D eigenvalue weighted by Crippen LogP contribution is 2.18. The van der Waals surface area contributed by atoms with Crippen LogP contribution in [0.3, 0.4) is 0 Å². The van der Waals surface area contributed by atoms with Gasteiger partial charge in [0.2, 0.25) is 0 Å². The summed E-state index contributed by atoms with van der Waals surface area (Å²) in [5.74, 6) is 0. The van der Waals surface area contributed by atoms with Crippen molar-refractivity contribution in [2.75, 3.05) is 32.8 Å². The second-order valence-electron chi connectivity index (χ2n) is 5.67. The molecule has 1 rings (SSSR count). The summed E-state index contributed by atoms with van der Waals surface area (Å²) < 4.78 is 40.2. The first-order valence-corrected chi connectivity index (χ1v) is 6.33. The number of carbonyl (C=O) groups is 1. The summed E-state index contributed by atoms with van der Waals surface area (Å²) in [5, 5.41) is 0. The van der Waals surface area contributed by atoms with E-state index in [1.54, 1.807) is 0 Å². The summed E-state index contributed by atoms with van der Waals surface area (Å²) in [6.07, 6.45) is -4.62. The van der Waals surface area contributed by atoms with Gasteiger partial charge in [-0.05, 0) is 27.2 Å². The Morgan fingerprint density at radius 3 is 2.26 bits per heavy atom. The maximum atomic E-state index is 12.0. The molecule has 0 saturated carbocycles. The lowest BCUT2D eigenvalue weighted by Crippen LogP contribution is -2.44. The smallest absolute Gasteiger partial charge is 0.422 e. The Labute approximate surface area is 111 Å². The summed E-state index contributed by atoms with van der Waals surface area (Å²) in [6.45, 7) is 7.00. The van der Waals surface area contributed by atoms with Crippen LogP contribution in [0.5, 0.6) is 0 Å². The fourth-order valence-electron chi connectivity index (χ4n) is 2.01. The highest BCUT2D eigenvalue weighted by Gasteiger charge is 2.32. The van der Waals surface area contributed by atoms with Gasteiger partial charge in [0, 0.05) is 31.7 Å². The SMILES string of the molecule is CC(C)(C)N1CCCN(C(=O)OCC(F)(F)F)CC1. The zero-order valence-corrected chi connectivity index (χ0v) is 11.6. The lowest BCUT2D eigenvalue weighted by atomic mass is 10.1. The highest BCUT2D eigenvalue weighted by molar-refractivity contribution is 5.67. The van der Waals surface area contributed by atoms with E-state index in [0.29, 0.717) is 19.6 Å². The summed E-state index contributed by atoms with van der Waals surface area (Å²) in [7, 11) is 0. The van der Waals surface area contributed by atoms with Gasteiger partial charge in [0.15, 0.2) is 6.61 Å². The van der Waals surface area contributed by atoms with Gasteiger partial charge >= 0.3 is 12.3 Å². The predicted octanol–water partition coefficient (Wildman–Crippen LogP) is 2.49. The number of ether oxygens (including phenoxy) is 1. The molecule has 4 nitrogen and oxygen atoms in total. The fraction of sp³-hybridized carbons (Fsp3) is 0.917. The third kappa shape index (κ3) is 5.67. The van der Waals surface area contributed by atoms with E-state index in [0.717, 1.165) is 13.0 Å². The second kappa shape index (κ2) is 5.98. The molecule has 0 atom stereocenters. The third-order valence-electron chi connectivity index (χ3n) is 3.06. The molecule has 7 heteroatoms. The van der Waals surface area contributed by atoms with Crippen molar-refractivity contribution in [2.45, 2.75) is 38.9 Å². The van der Waals surface area contributed by atoms with Crippen LogP contribution in [0, 0.1) is 0 Å². The number of amides is 1. The van der Waals surface area contributed by atoms with Crippen molar-refractivity contribution in [3.05, 3.63) is 0 Å². The van der Waals surface area contributed by atoms with E-state index in [4.69, 9.17) is 0 Å². The fourth-order valence-corrected chi connectivity index (χ4v) is 2.01. The van der Waals surface area contributed by atoms with E-state index in [2.05, 4.69) is 30.4 Å². The molecular weight excluding hydrogens is 261 g/mol. The van der Waals surface area contributed by atoms with Crippen LogP contribution in [0.1, 0.15) is 27.2 Å². The van der Waals surface area contributed by atoms with Gasteiger partial charge in [0.25, 0.3) is 0 Å². The van der Waals surface area contributed by atoms with Crippen LogP contribution >= 0.6 is 0 Å². The van der Waals surface area contributed by atoms with Crippen molar-refractivity contribution in [3.63, 3.8) is 0 Å². The first kappa shape index (κ1) is 16.1. The quantitative estimate of drug-likeness (QED) is 0.741. The second-order valence-corrected chi connectivity index (χ2v) is 5.67. The van der Waals surface area contributed by atoms with E-state index in [1.807, 2.05) is 0 Å². The molecule has 1 fully saturated rings. The zero-order valence-electron chi connectivity index (χ0n) is 11.6. The number of hydrogen-bond acceptors (Lipinski definition) is 3. The van der Waals surface area contributed by atoms with Gasteiger partial charge in [-0.1, -0.05) is 0 Å². The molecule has 0 radical (unpaired) electrons. The molecule has 0 aromatic carbocycles. The third-order valence-corrected chi connectivity index (χ3v) is 3.06. The van der Waals surface area contributed by atoms with Gasteiger partial charge in [-0.3, -0.25) is 4.90 Å². The minimum atomic E-state index is -4.47. The molecular formula is C12H21F3N2O2. The van der Waals surface area contributed by atoms with Gasteiger partial charge in [-0.15, -0.1) is 0 Å². The first-order chi connectivity index (χ1) is 8.59. The zero-order chi connectivity index (χ0) is 14.7. The molecule has 19 heavy (non-hydrogen) atoms. The van der Waals surface area contributed by atoms with Crippen LogP contribution in [0.15, 0.2) is 0 Å². The lowest BCUT2D eigenvalue weighted by molar-refractivity contribution is -0.162. The van der Waals surface area contributed by atoms with Gasteiger partial charge in [-0.25, -0.2) is 4.79 Å². The van der Waals surface area contributed by atoms with Crippen molar-refractivity contribution in [3.8, 4) is 0 Å². The minimum Gasteiger partial charge on any atom is -0.440 e. The first-order valence-electron chi connectivity index (χ1n) is 6.33. The van der Waals surface area contributed by atoms with Crippen LogP contribution < -0.4 is 0 Å². The van der Waals surface area contributed by atoms with E-state index in [-0.39, 0.29) is 5.54 Å². The minimum absolute atomic E-state index is 0.00805. The van der Waals surface area contributed by atoms with E-state index in [9.17, 15) is 18.0 Å². The number of nitrogens with zero attached hydrogens (tertiary/aromatic N) is 2.